The van der Waals surface area contributed by atoms with Gasteiger partial charge in [0.15, 0.2) is 17.3 Å². The predicted molar refractivity (Wildman–Crippen MR) is 74.2 cm³/mol. The summed E-state index contributed by atoms with van der Waals surface area (Å²) >= 11 is 0. The van der Waals surface area contributed by atoms with Crippen LogP contribution in [0.2, 0.25) is 0 Å². The van der Waals surface area contributed by atoms with E-state index in [1.807, 2.05) is 0 Å². The van der Waals surface area contributed by atoms with E-state index in [-0.39, 0.29) is 39.7 Å². The van der Waals surface area contributed by atoms with Crippen molar-refractivity contribution in [3.8, 4) is 0 Å². The quantitative estimate of drug-likeness (QED) is 0.540. The van der Waals surface area contributed by atoms with Gasteiger partial charge in [0.1, 0.15) is 0 Å². The second-order valence-electron chi connectivity index (χ2n) is 4.71. The molecule has 0 fully saturated rings. The van der Waals surface area contributed by atoms with Crippen molar-refractivity contribution in [2.75, 3.05) is 5.73 Å². The highest BCUT2D eigenvalue weighted by atomic mass is 16.1. The lowest BCUT2D eigenvalue weighted by molar-refractivity contribution is 0.0968. The minimum Gasteiger partial charge on any atom is -0.398 e. The van der Waals surface area contributed by atoms with E-state index >= 15 is 0 Å². The van der Waals surface area contributed by atoms with Crippen molar-refractivity contribution in [3.05, 3.63) is 64.2 Å². The summed E-state index contributed by atoms with van der Waals surface area (Å²) in [7, 11) is 0. The summed E-state index contributed by atoms with van der Waals surface area (Å²) < 4.78 is 0. The number of hydrogen-bond acceptors (Lipinski definition) is 4. The van der Waals surface area contributed by atoms with Gasteiger partial charge >= 0.3 is 0 Å². The van der Waals surface area contributed by atoms with Crippen LogP contribution in [0.3, 0.4) is 0 Å². The predicted octanol–water partition coefficient (Wildman–Crippen LogP) is 2.25. The van der Waals surface area contributed by atoms with E-state index in [1.54, 1.807) is 24.3 Å². The van der Waals surface area contributed by atoms with Crippen LogP contribution in [0.15, 0.2) is 36.4 Å². The molecule has 0 heterocycles. The Kier molecular flexibility index (Phi) is 2.54. The average molecular weight is 265 g/mol. The monoisotopic (exact) mass is 265 g/mol. The first-order valence-electron chi connectivity index (χ1n) is 6.14. The first-order chi connectivity index (χ1) is 9.52. The maximum absolute atomic E-state index is 12.6. The van der Waals surface area contributed by atoms with Crippen LogP contribution >= 0.6 is 0 Å². The van der Waals surface area contributed by atoms with Crippen molar-refractivity contribution in [2.45, 2.75) is 6.92 Å². The van der Waals surface area contributed by atoms with Gasteiger partial charge in [0.25, 0.3) is 0 Å². The summed E-state index contributed by atoms with van der Waals surface area (Å²) in [6.45, 7) is 1.34. The highest BCUT2D eigenvalue weighted by Gasteiger charge is 2.33. The molecule has 1 aliphatic rings. The summed E-state index contributed by atoms with van der Waals surface area (Å²) in [6, 6.07) is 9.60. The zero-order valence-electron chi connectivity index (χ0n) is 10.8. The smallest absolute Gasteiger partial charge is 0.195 e. The lowest BCUT2D eigenvalue weighted by Crippen LogP contribution is -2.24. The fraction of sp³-hybridized carbons (Fsp3) is 0.0625. The summed E-state index contributed by atoms with van der Waals surface area (Å²) in [5.74, 6) is -0.898. The van der Waals surface area contributed by atoms with Crippen molar-refractivity contribution >= 4 is 23.0 Å². The van der Waals surface area contributed by atoms with E-state index in [1.165, 1.54) is 19.1 Å². The standard InChI is InChI=1S/C16H11NO3/c1-8(18)13-12(17)7-6-11-14(13)16(20)10-5-3-2-4-9(10)15(11)19/h2-7H,17H2,1H3. The molecule has 0 aromatic heterocycles. The Hall–Kier alpha value is -2.75. The Morgan fingerprint density at radius 3 is 2.10 bits per heavy atom. The summed E-state index contributed by atoms with van der Waals surface area (Å²) in [6.07, 6.45) is 0. The number of carbonyl (C=O) groups excluding carboxylic acids is 3. The van der Waals surface area contributed by atoms with Crippen molar-refractivity contribution < 1.29 is 14.4 Å². The molecule has 98 valence electrons. The molecule has 3 rings (SSSR count). The zero-order valence-corrected chi connectivity index (χ0v) is 10.8. The number of hydrogen-bond donors (Lipinski definition) is 1. The van der Waals surface area contributed by atoms with E-state index in [2.05, 4.69) is 0 Å². The highest BCUT2D eigenvalue weighted by Crippen LogP contribution is 2.32. The molecular weight excluding hydrogens is 254 g/mol. The second kappa shape index (κ2) is 4.13. The van der Waals surface area contributed by atoms with Crippen LogP contribution < -0.4 is 5.73 Å². The molecule has 4 nitrogen and oxygen atoms in total. The van der Waals surface area contributed by atoms with Crippen molar-refractivity contribution in [1.82, 2.24) is 0 Å². The number of benzene rings is 2. The van der Waals surface area contributed by atoms with Crippen LogP contribution in [0, 0.1) is 0 Å². The molecule has 1 aliphatic carbocycles. The minimum atomic E-state index is -0.326. The summed E-state index contributed by atoms with van der Waals surface area (Å²) in [4.78, 5) is 36.8. The Morgan fingerprint density at radius 2 is 1.50 bits per heavy atom. The van der Waals surface area contributed by atoms with Crippen LogP contribution in [-0.2, 0) is 0 Å². The molecule has 0 saturated heterocycles. The molecule has 2 aromatic rings. The Bertz CT molecular complexity index is 790. The van der Waals surface area contributed by atoms with Crippen LogP contribution in [-0.4, -0.2) is 17.3 Å². The van der Waals surface area contributed by atoms with Crippen LogP contribution in [0.1, 0.15) is 49.1 Å². The number of nitrogens with two attached hydrogens (primary N) is 1. The van der Waals surface area contributed by atoms with E-state index in [9.17, 15) is 14.4 Å². The molecule has 0 atom stereocenters. The third-order valence-electron chi connectivity index (χ3n) is 3.48. The molecule has 0 radical (unpaired) electrons. The van der Waals surface area contributed by atoms with Crippen LogP contribution in [0.5, 0.6) is 0 Å². The second-order valence-corrected chi connectivity index (χ2v) is 4.71. The van der Waals surface area contributed by atoms with E-state index in [4.69, 9.17) is 5.73 Å². The lowest BCUT2D eigenvalue weighted by Gasteiger charge is -2.20. The third-order valence-corrected chi connectivity index (χ3v) is 3.48. The number of ketones is 3. The van der Waals surface area contributed by atoms with Gasteiger partial charge in [0.05, 0.1) is 5.56 Å². The lowest BCUT2D eigenvalue weighted by atomic mass is 9.80. The normalized spacial score (nSPS) is 12.8. The van der Waals surface area contributed by atoms with Gasteiger partial charge < -0.3 is 5.73 Å². The molecule has 0 spiro atoms. The van der Waals surface area contributed by atoms with E-state index in [0.717, 1.165) is 0 Å². The van der Waals surface area contributed by atoms with Gasteiger partial charge in [-0.05, 0) is 19.1 Å². The largest absolute Gasteiger partial charge is 0.398 e. The van der Waals surface area contributed by atoms with Gasteiger partial charge in [-0.2, -0.15) is 0 Å². The number of rotatable bonds is 1. The topological polar surface area (TPSA) is 77.2 Å². The molecule has 0 amide bonds. The molecule has 2 N–H and O–H groups in total. The van der Waals surface area contributed by atoms with Gasteiger partial charge in [-0.3, -0.25) is 14.4 Å². The summed E-state index contributed by atoms with van der Waals surface area (Å²) in [5, 5.41) is 0. The van der Waals surface area contributed by atoms with Crippen molar-refractivity contribution in [2.24, 2.45) is 0 Å². The maximum Gasteiger partial charge on any atom is 0.195 e. The molecule has 0 saturated carbocycles. The number of anilines is 1. The number of nitrogen functional groups attached to an aromatic ring is 1. The Morgan fingerprint density at radius 1 is 0.900 bits per heavy atom. The zero-order chi connectivity index (χ0) is 14.4. The number of Topliss-reactive ketones (excluding diaryl/α,β-unsaturated/α-hetero) is 1. The van der Waals surface area contributed by atoms with Gasteiger partial charge in [-0.1, -0.05) is 24.3 Å². The van der Waals surface area contributed by atoms with Gasteiger partial charge in [0, 0.05) is 27.9 Å². The van der Waals surface area contributed by atoms with E-state index in [0.29, 0.717) is 11.1 Å². The Labute approximate surface area is 115 Å². The first-order valence-corrected chi connectivity index (χ1v) is 6.14. The molecular formula is C16H11NO3. The summed E-state index contributed by atoms with van der Waals surface area (Å²) in [5.41, 5.74) is 7.20. The average Bonchev–Trinajstić information content (AvgIpc) is 2.44. The SMILES string of the molecule is CC(=O)c1c(N)ccc2c1C(=O)c1ccccc1C2=O. The first kappa shape index (κ1) is 12.3. The molecule has 2 aromatic carbocycles. The highest BCUT2D eigenvalue weighted by molar-refractivity contribution is 6.31. The minimum absolute atomic E-state index is 0.126. The molecule has 0 bridgehead atoms. The van der Waals surface area contributed by atoms with Gasteiger partial charge in [0.2, 0.25) is 0 Å². The van der Waals surface area contributed by atoms with E-state index < -0.39 is 0 Å². The Balaban J connectivity index is 2.40. The third kappa shape index (κ3) is 1.51. The number of carbonyl (C=O) groups is 3. The van der Waals surface area contributed by atoms with Crippen LogP contribution in [0.25, 0.3) is 0 Å². The number of fused-ring (bicyclic) bond motifs is 2. The van der Waals surface area contributed by atoms with Crippen molar-refractivity contribution in [1.29, 1.82) is 0 Å². The van der Waals surface area contributed by atoms with Crippen LogP contribution in [0.4, 0.5) is 5.69 Å². The molecule has 0 unspecified atom stereocenters. The fourth-order valence-corrected chi connectivity index (χ4v) is 2.58. The van der Waals surface area contributed by atoms with Gasteiger partial charge in [-0.25, -0.2) is 0 Å². The maximum atomic E-state index is 12.6. The molecule has 0 aliphatic heterocycles. The molecule has 4 heteroatoms. The van der Waals surface area contributed by atoms with Crippen molar-refractivity contribution in [3.63, 3.8) is 0 Å². The molecule has 20 heavy (non-hydrogen) atoms. The fourth-order valence-electron chi connectivity index (χ4n) is 2.58. The van der Waals surface area contributed by atoms with Gasteiger partial charge in [-0.15, -0.1) is 0 Å².